The molecule has 7 nitrogen and oxygen atoms in total. The summed E-state index contributed by atoms with van der Waals surface area (Å²) in [6.07, 6.45) is -4.84. The van der Waals surface area contributed by atoms with E-state index in [1.165, 1.54) is 19.2 Å². The van der Waals surface area contributed by atoms with E-state index in [4.69, 9.17) is 26.1 Å². The van der Waals surface area contributed by atoms with Gasteiger partial charge in [0.25, 0.3) is 0 Å². The van der Waals surface area contributed by atoms with Crippen LogP contribution in [0.1, 0.15) is 6.42 Å². The van der Waals surface area contributed by atoms with Gasteiger partial charge in [-0.1, -0.05) is 0 Å². The van der Waals surface area contributed by atoms with Crippen LogP contribution in [0.4, 0.5) is 13.2 Å². The zero-order valence-electron chi connectivity index (χ0n) is 12.1. The Morgan fingerprint density at radius 2 is 1.74 bits per heavy atom. The van der Waals surface area contributed by atoms with Gasteiger partial charge < -0.3 is 21.3 Å². The van der Waals surface area contributed by atoms with Crippen LogP contribution in [0.25, 0.3) is 0 Å². The highest BCUT2D eigenvalue weighted by molar-refractivity contribution is 7.92. The number of halogens is 3. The summed E-state index contributed by atoms with van der Waals surface area (Å²) in [5.74, 6) is -2.15. The average molecular weight is 358 g/mol. The molecule has 11 heteroatoms. The quantitative estimate of drug-likeness (QED) is 0.707. The van der Waals surface area contributed by atoms with Crippen molar-refractivity contribution in [3.8, 4) is 5.75 Å². The van der Waals surface area contributed by atoms with Crippen LogP contribution in [-0.2, 0) is 14.6 Å². The Bertz CT molecular complexity index is 602. The monoisotopic (exact) mass is 358 g/mol. The van der Waals surface area contributed by atoms with Crippen LogP contribution in [0.3, 0.4) is 0 Å². The Labute approximate surface area is 130 Å². The Kier molecular flexibility index (Phi) is 8.00. The highest BCUT2D eigenvalue weighted by Gasteiger charge is 2.38. The number of alkyl halides is 3. The van der Waals surface area contributed by atoms with Gasteiger partial charge in [-0.05, 0) is 37.2 Å². The number of sulfone groups is 1. The van der Waals surface area contributed by atoms with E-state index in [9.17, 15) is 21.6 Å². The molecule has 0 saturated carbocycles. The summed E-state index contributed by atoms with van der Waals surface area (Å²) >= 11 is 0. The lowest BCUT2D eigenvalue weighted by atomic mass is 10.3. The fourth-order valence-corrected chi connectivity index (χ4v) is 2.57. The van der Waals surface area contributed by atoms with Crippen LogP contribution in [0, 0.1) is 0 Å². The molecular formula is C12H17F3N2O5S. The van der Waals surface area contributed by atoms with Crippen molar-refractivity contribution >= 4 is 15.8 Å². The second-order valence-electron chi connectivity index (χ2n) is 4.14. The molecule has 5 N–H and O–H groups in total. The van der Waals surface area contributed by atoms with Gasteiger partial charge in [0.1, 0.15) is 11.1 Å². The van der Waals surface area contributed by atoms with Crippen molar-refractivity contribution in [1.29, 1.82) is 0 Å². The highest BCUT2D eigenvalue weighted by Crippen LogP contribution is 2.19. The molecule has 0 spiro atoms. The molecule has 1 rings (SSSR count). The second-order valence-corrected chi connectivity index (χ2v) is 6.31. The molecule has 0 bridgehead atoms. The SMILES string of the molecule is COc1ccc(S(=O)(=O)C(N)CCN)cc1.O=C(O)C(F)(F)F. The van der Waals surface area contributed by atoms with Crippen LogP contribution in [0.5, 0.6) is 5.75 Å². The molecule has 0 aliphatic heterocycles. The summed E-state index contributed by atoms with van der Waals surface area (Å²) in [7, 11) is -1.97. The zero-order chi connectivity index (χ0) is 18.3. The minimum Gasteiger partial charge on any atom is -0.497 e. The molecule has 0 heterocycles. The summed E-state index contributed by atoms with van der Waals surface area (Å²) in [4.78, 5) is 9.08. The minimum atomic E-state index is -5.08. The lowest BCUT2D eigenvalue weighted by molar-refractivity contribution is -0.192. The van der Waals surface area contributed by atoms with Gasteiger partial charge >= 0.3 is 12.1 Å². The molecule has 0 saturated heterocycles. The third-order valence-corrected chi connectivity index (χ3v) is 4.44. The number of carboxylic acid groups (broad SMARTS) is 1. The molecule has 1 aromatic rings. The number of ether oxygens (including phenoxy) is 1. The molecular weight excluding hydrogens is 341 g/mol. The molecule has 0 radical (unpaired) electrons. The molecule has 23 heavy (non-hydrogen) atoms. The third kappa shape index (κ3) is 6.84. The molecule has 0 aromatic heterocycles. The van der Waals surface area contributed by atoms with E-state index in [-0.39, 0.29) is 17.9 Å². The van der Waals surface area contributed by atoms with Crippen molar-refractivity contribution in [3.63, 3.8) is 0 Å². The van der Waals surface area contributed by atoms with E-state index in [0.29, 0.717) is 5.75 Å². The Morgan fingerprint density at radius 1 is 1.30 bits per heavy atom. The van der Waals surface area contributed by atoms with Crippen molar-refractivity contribution in [2.24, 2.45) is 11.5 Å². The predicted molar refractivity (Wildman–Crippen MR) is 75.5 cm³/mol. The first-order valence-electron chi connectivity index (χ1n) is 6.10. The fraction of sp³-hybridized carbons (Fsp3) is 0.417. The van der Waals surface area contributed by atoms with Crippen molar-refractivity contribution in [3.05, 3.63) is 24.3 Å². The van der Waals surface area contributed by atoms with Crippen molar-refractivity contribution in [2.75, 3.05) is 13.7 Å². The van der Waals surface area contributed by atoms with E-state index in [1.807, 2.05) is 0 Å². The largest absolute Gasteiger partial charge is 0.497 e. The van der Waals surface area contributed by atoms with E-state index >= 15 is 0 Å². The van der Waals surface area contributed by atoms with Gasteiger partial charge in [0.15, 0.2) is 9.84 Å². The first kappa shape index (κ1) is 21.1. The molecule has 1 atom stereocenters. The highest BCUT2D eigenvalue weighted by atomic mass is 32.2. The normalized spacial score (nSPS) is 12.8. The van der Waals surface area contributed by atoms with Crippen molar-refractivity contribution < 1.29 is 36.2 Å². The molecule has 1 aromatic carbocycles. The Balaban J connectivity index is 0.000000585. The fourth-order valence-electron chi connectivity index (χ4n) is 1.26. The van der Waals surface area contributed by atoms with Gasteiger partial charge in [-0.2, -0.15) is 13.2 Å². The van der Waals surface area contributed by atoms with E-state index in [2.05, 4.69) is 0 Å². The lowest BCUT2D eigenvalue weighted by Crippen LogP contribution is -2.32. The molecule has 0 aliphatic carbocycles. The first-order chi connectivity index (χ1) is 10.5. The predicted octanol–water partition coefficient (Wildman–Crippen LogP) is 0.736. The number of carbonyl (C=O) groups is 1. The summed E-state index contributed by atoms with van der Waals surface area (Å²) in [6, 6.07) is 6.12. The number of carboxylic acids is 1. The second kappa shape index (κ2) is 8.70. The summed E-state index contributed by atoms with van der Waals surface area (Å²) in [5, 5.41) is 6.17. The average Bonchev–Trinajstić information content (AvgIpc) is 2.47. The summed E-state index contributed by atoms with van der Waals surface area (Å²) in [5.41, 5.74) is 10.9. The molecule has 1 unspecified atom stereocenters. The standard InChI is InChI=1S/C10H16N2O3S.C2HF3O2/c1-15-8-2-4-9(5-3-8)16(13,14)10(12)6-7-11;3-2(4,5)1(6)7/h2-5,10H,6-7,11-12H2,1H3;(H,6,7). The van der Waals surface area contributed by atoms with Crippen molar-refractivity contribution in [2.45, 2.75) is 22.9 Å². The number of rotatable bonds is 5. The number of nitrogens with two attached hydrogens (primary N) is 2. The summed E-state index contributed by atoms with van der Waals surface area (Å²) in [6.45, 7) is 0.247. The van der Waals surface area contributed by atoms with Crippen LogP contribution >= 0.6 is 0 Å². The van der Waals surface area contributed by atoms with Crippen LogP contribution in [0.2, 0.25) is 0 Å². The Hall–Kier alpha value is -1.85. The number of methoxy groups -OCH3 is 1. The van der Waals surface area contributed by atoms with Gasteiger partial charge in [0, 0.05) is 0 Å². The molecule has 0 fully saturated rings. The van der Waals surface area contributed by atoms with Crippen LogP contribution < -0.4 is 16.2 Å². The maximum absolute atomic E-state index is 11.9. The third-order valence-electron chi connectivity index (χ3n) is 2.48. The van der Waals surface area contributed by atoms with Crippen LogP contribution in [0.15, 0.2) is 29.2 Å². The topological polar surface area (TPSA) is 133 Å². The maximum atomic E-state index is 11.9. The number of benzene rings is 1. The van der Waals surface area contributed by atoms with Crippen molar-refractivity contribution in [1.82, 2.24) is 0 Å². The molecule has 0 aliphatic rings. The first-order valence-corrected chi connectivity index (χ1v) is 7.65. The molecule has 132 valence electrons. The van der Waals surface area contributed by atoms with Crippen LogP contribution in [-0.4, -0.2) is 44.7 Å². The van der Waals surface area contributed by atoms with Gasteiger partial charge in [-0.25, -0.2) is 13.2 Å². The number of hydrogen-bond donors (Lipinski definition) is 3. The number of hydrogen-bond acceptors (Lipinski definition) is 6. The van der Waals surface area contributed by atoms with E-state index < -0.39 is 27.4 Å². The Morgan fingerprint density at radius 3 is 2.04 bits per heavy atom. The summed E-state index contributed by atoms with van der Waals surface area (Å²) < 4.78 is 60.5. The minimum absolute atomic E-state index is 0.189. The van der Waals surface area contributed by atoms with E-state index in [1.54, 1.807) is 12.1 Å². The number of aliphatic carboxylic acids is 1. The molecule has 0 amide bonds. The lowest BCUT2D eigenvalue weighted by Gasteiger charge is -2.12. The maximum Gasteiger partial charge on any atom is 0.490 e. The van der Waals surface area contributed by atoms with Gasteiger partial charge in [0.2, 0.25) is 0 Å². The van der Waals surface area contributed by atoms with Gasteiger partial charge in [0.05, 0.1) is 12.0 Å². The smallest absolute Gasteiger partial charge is 0.490 e. The van der Waals surface area contributed by atoms with Gasteiger partial charge in [-0.3, -0.25) is 0 Å². The van der Waals surface area contributed by atoms with Gasteiger partial charge in [-0.15, -0.1) is 0 Å². The van der Waals surface area contributed by atoms with E-state index in [0.717, 1.165) is 0 Å². The zero-order valence-corrected chi connectivity index (χ0v) is 12.9.